The van der Waals surface area contributed by atoms with Crippen LogP contribution in [0.4, 0.5) is 11.5 Å². The van der Waals surface area contributed by atoms with Crippen molar-refractivity contribution < 1.29 is 19.2 Å². The van der Waals surface area contributed by atoms with Crippen LogP contribution in [0.5, 0.6) is 11.5 Å². The fourth-order valence-electron chi connectivity index (χ4n) is 3.35. The SMILES string of the molecule is COc1cc(C(=O)NCC2CCN(c3cnccn3)CC2)c([N+](=O)[O-])cc1OC. The zero-order valence-corrected chi connectivity index (χ0v) is 16.3. The molecule has 1 amide bonds. The second-order valence-electron chi connectivity index (χ2n) is 6.69. The van der Waals surface area contributed by atoms with Crippen LogP contribution in [0, 0.1) is 16.0 Å². The van der Waals surface area contributed by atoms with Crippen molar-refractivity contribution in [2.24, 2.45) is 5.92 Å². The summed E-state index contributed by atoms with van der Waals surface area (Å²) in [5.74, 6) is 1.09. The second-order valence-corrected chi connectivity index (χ2v) is 6.69. The third-order valence-electron chi connectivity index (χ3n) is 4.98. The predicted molar refractivity (Wildman–Crippen MR) is 106 cm³/mol. The molecule has 1 aliphatic rings. The molecule has 1 saturated heterocycles. The van der Waals surface area contributed by atoms with Crippen LogP contribution in [0.2, 0.25) is 0 Å². The first kappa shape index (κ1) is 20.3. The van der Waals surface area contributed by atoms with E-state index in [1.165, 1.54) is 26.4 Å². The van der Waals surface area contributed by atoms with Gasteiger partial charge in [0.05, 0.1) is 31.4 Å². The fourth-order valence-corrected chi connectivity index (χ4v) is 3.35. The van der Waals surface area contributed by atoms with Gasteiger partial charge in [0.1, 0.15) is 11.4 Å². The minimum Gasteiger partial charge on any atom is -0.493 e. The van der Waals surface area contributed by atoms with E-state index in [2.05, 4.69) is 20.2 Å². The number of rotatable bonds is 7. The Bertz CT molecular complexity index is 869. The van der Waals surface area contributed by atoms with Gasteiger partial charge >= 0.3 is 0 Å². The van der Waals surface area contributed by atoms with Gasteiger partial charge in [-0.3, -0.25) is 19.9 Å². The maximum atomic E-state index is 12.6. The summed E-state index contributed by atoms with van der Waals surface area (Å²) in [6.07, 6.45) is 6.80. The monoisotopic (exact) mass is 401 g/mol. The highest BCUT2D eigenvalue weighted by molar-refractivity contribution is 5.99. The molecular weight excluding hydrogens is 378 g/mol. The number of hydrogen-bond acceptors (Lipinski definition) is 8. The molecule has 1 aromatic heterocycles. The molecule has 2 heterocycles. The molecule has 10 nitrogen and oxygen atoms in total. The molecular formula is C19H23N5O5. The molecule has 0 aliphatic carbocycles. The number of nitro benzene ring substituents is 1. The Balaban J connectivity index is 1.62. The molecule has 0 saturated carbocycles. The molecule has 29 heavy (non-hydrogen) atoms. The summed E-state index contributed by atoms with van der Waals surface area (Å²) in [5, 5.41) is 14.2. The highest BCUT2D eigenvalue weighted by atomic mass is 16.6. The molecule has 0 unspecified atom stereocenters. The molecule has 0 atom stereocenters. The largest absolute Gasteiger partial charge is 0.493 e. The molecule has 0 bridgehead atoms. The van der Waals surface area contributed by atoms with E-state index in [1.54, 1.807) is 18.6 Å². The highest BCUT2D eigenvalue weighted by Gasteiger charge is 2.26. The van der Waals surface area contributed by atoms with E-state index < -0.39 is 10.8 Å². The van der Waals surface area contributed by atoms with Crippen LogP contribution in [-0.2, 0) is 0 Å². The van der Waals surface area contributed by atoms with Gasteiger partial charge < -0.3 is 19.7 Å². The molecule has 2 aromatic rings. The quantitative estimate of drug-likeness (QED) is 0.553. The topological polar surface area (TPSA) is 120 Å². The maximum absolute atomic E-state index is 12.6. The van der Waals surface area contributed by atoms with Gasteiger partial charge in [0.15, 0.2) is 11.5 Å². The smallest absolute Gasteiger partial charge is 0.286 e. The molecule has 1 N–H and O–H groups in total. The van der Waals surface area contributed by atoms with E-state index in [-0.39, 0.29) is 28.7 Å². The number of carbonyl (C=O) groups is 1. The first-order valence-electron chi connectivity index (χ1n) is 9.23. The van der Waals surface area contributed by atoms with Gasteiger partial charge in [-0.05, 0) is 18.8 Å². The van der Waals surface area contributed by atoms with E-state index in [1.807, 2.05) is 0 Å². The number of piperidine rings is 1. The van der Waals surface area contributed by atoms with Crippen LogP contribution >= 0.6 is 0 Å². The van der Waals surface area contributed by atoms with E-state index in [4.69, 9.17) is 9.47 Å². The predicted octanol–water partition coefficient (Wildman–Crippen LogP) is 2.05. The van der Waals surface area contributed by atoms with Crippen molar-refractivity contribution in [1.29, 1.82) is 0 Å². The minimum absolute atomic E-state index is 0.0513. The Morgan fingerprint density at radius 3 is 2.52 bits per heavy atom. The molecule has 154 valence electrons. The molecule has 3 rings (SSSR count). The van der Waals surface area contributed by atoms with Gasteiger partial charge in [-0.1, -0.05) is 0 Å². The Labute approximate surface area is 168 Å². The van der Waals surface area contributed by atoms with Gasteiger partial charge in [-0.2, -0.15) is 0 Å². The number of nitrogens with one attached hydrogen (secondary N) is 1. The summed E-state index contributed by atoms with van der Waals surface area (Å²) < 4.78 is 10.3. The van der Waals surface area contributed by atoms with E-state index in [0.29, 0.717) is 6.54 Å². The lowest BCUT2D eigenvalue weighted by molar-refractivity contribution is -0.385. The van der Waals surface area contributed by atoms with Crippen molar-refractivity contribution in [3.05, 3.63) is 46.4 Å². The van der Waals surface area contributed by atoms with Gasteiger partial charge in [-0.25, -0.2) is 4.98 Å². The molecule has 0 radical (unpaired) electrons. The third-order valence-corrected chi connectivity index (χ3v) is 4.98. The lowest BCUT2D eigenvalue weighted by Gasteiger charge is -2.32. The number of anilines is 1. The summed E-state index contributed by atoms with van der Waals surface area (Å²) in [6, 6.07) is 2.54. The van der Waals surface area contributed by atoms with E-state index in [0.717, 1.165) is 31.7 Å². The first-order valence-corrected chi connectivity index (χ1v) is 9.23. The zero-order valence-electron chi connectivity index (χ0n) is 16.3. The Morgan fingerprint density at radius 1 is 1.24 bits per heavy atom. The van der Waals surface area contributed by atoms with Crippen LogP contribution in [0.15, 0.2) is 30.7 Å². The molecule has 1 fully saturated rings. The number of carbonyl (C=O) groups excluding carboxylic acids is 1. The maximum Gasteiger partial charge on any atom is 0.286 e. The Morgan fingerprint density at radius 2 is 1.93 bits per heavy atom. The highest BCUT2D eigenvalue weighted by Crippen LogP contribution is 2.34. The van der Waals surface area contributed by atoms with E-state index >= 15 is 0 Å². The molecule has 1 aliphatic heterocycles. The van der Waals surface area contributed by atoms with Crippen LogP contribution in [0.1, 0.15) is 23.2 Å². The third kappa shape index (κ3) is 4.71. The van der Waals surface area contributed by atoms with Crippen LogP contribution in [0.3, 0.4) is 0 Å². The van der Waals surface area contributed by atoms with Gasteiger partial charge in [0.2, 0.25) is 0 Å². The number of hydrogen-bond donors (Lipinski definition) is 1. The van der Waals surface area contributed by atoms with Gasteiger partial charge in [-0.15, -0.1) is 0 Å². The minimum atomic E-state index is -0.601. The number of methoxy groups -OCH3 is 2. The first-order chi connectivity index (χ1) is 14.0. The summed E-state index contributed by atoms with van der Waals surface area (Å²) >= 11 is 0. The number of benzene rings is 1. The number of amides is 1. The van der Waals surface area contributed by atoms with Crippen molar-refractivity contribution >= 4 is 17.4 Å². The number of nitro groups is 1. The number of nitrogens with zero attached hydrogens (tertiary/aromatic N) is 4. The van der Waals surface area contributed by atoms with Crippen molar-refractivity contribution in [2.45, 2.75) is 12.8 Å². The lowest BCUT2D eigenvalue weighted by atomic mass is 9.96. The Hall–Kier alpha value is -3.43. The standard InChI is InChI=1S/C19H23N5O5/c1-28-16-9-14(15(24(26)27)10-17(16)29-2)19(25)22-11-13-3-7-23(8-4-13)18-12-20-5-6-21-18/h5-6,9-10,12-13H,3-4,7-8,11H2,1-2H3,(H,22,25). The van der Waals surface area contributed by atoms with Crippen molar-refractivity contribution in [2.75, 3.05) is 38.8 Å². The molecule has 0 spiro atoms. The van der Waals surface area contributed by atoms with Crippen molar-refractivity contribution in [3.8, 4) is 11.5 Å². The van der Waals surface area contributed by atoms with Crippen molar-refractivity contribution in [3.63, 3.8) is 0 Å². The van der Waals surface area contributed by atoms with Gasteiger partial charge in [0.25, 0.3) is 11.6 Å². The van der Waals surface area contributed by atoms with Gasteiger partial charge in [0, 0.05) is 38.1 Å². The average molecular weight is 401 g/mol. The molecule has 10 heteroatoms. The summed E-state index contributed by atoms with van der Waals surface area (Å²) in [5.41, 5.74) is -0.373. The van der Waals surface area contributed by atoms with Crippen LogP contribution in [0.25, 0.3) is 0 Å². The number of aromatic nitrogens is 2. The van der Waals surface area contributed by atoms with Crippen molar-refractivity contribution in [1.82, 2.24) is 15.3 Å². The normalized spacial score (nSPS) is 14.3. The van der Waals surface area contributed by atoms with Crippen LogP contribution in [-0.4, -0.2) is 54.7 Å². The van der Waals surface area contributed by atoms with Crippen LogP contribution < -0.4 is 19.7 Å². The number of ether oxygens (including phenoxy) is 2. The van der Waals surface area contributed by atoms with E-state index in [9.17, 15) is 14.9 Å². The zero-order chi connectivity index (χ0) is 20.8. The lowest BCUT2D eigenvalue weighted by Crippen LogP contribution is -2.39. The summed E-state index contributed by atoms with van der Waals surface area (Å²) in [6.45, 7) is 2.07. The fraction of sp³-hybridized carbons (Fsp3) is 0.421. The average Bonchev–Trinajstić information content (AvgIpc) is 2.77. The summed E-state index contributed by atoms with van der Waals surface area (Å²) in [4.78, 5) is 34.0. The summed E-state index contributed by atoms with van der Waals surface area (Å²) in [7, 11) is 2.80. The molecule has 1 aromatic carbocycles. The second kappa shape index (κ2) is 9.18. The Kier molecular flexibility index (Phi) is 6.43.